The maximum absolute atomic E-state index is 15.4. The summed E-state index contributed by atoms with van der Waals surface area (Å²) in [5, 5.41) is 7.37. The molecule has 42 heavy (non-hydrogen) atoms. The van der Waals surface area contributed by atoms with Crippen LogP contribution in [-0.2, 0) is 6.42 Å². The summed E-state index contributed by atoms with van der Waals surface area (Å²) in [7, 11) is 0. The van der Waals surface area contributed by atoms with Gasteiger partial charge in [-0.25, -0.2) is 9.38 Å². The Morgan fingerprint density at radius 1 is 1.07 bits per heavy atom. The van der Waals surface area contributed by atoms with Gasteiger partial charge in [0.25, 0.3) is 5.91 Å². The fourth-order valence-corrected chi connectivity index (χ4v) is 5.96. The lowest BCUT2D eigenvalue weighted by atomic mass is 9.91. The molecular formula is C33H34ClFN6O. The van der Waals surface area contributed by atoms with Gasteiger partial charge in [-0.05, 0) is 72.9 Å². The molecule has 3 aromatic rings. The number of guanidine groups is 1. The van der Waals surface area contributed by atoms with E-state index in [9.17, 15) is 4.79 Å². The van der Waals surface area contributed by atoms with Crippen LogP contribution in [0.3, 0.4) is 0 Å². The molecule has 0 saturated carbocycles. The highest BCUT2D eigenvalue weighted by Crippen LogP contribution is 2.32. The van der Waals surface area contributed by atoms with Crippen LogP contribution in [0.5, 0.6) is 0 Å². The Balaban J connectivity index is 1.23. The molecule has 0 bridgehead atoms. The minimum atomic E-state index is -0.289. The number of hydrogen-bond acceptors (Lipinski definition) is 6. The summed E-state index contributed by atoms with van der Waals surface area (Å²) in [5.74, 6) is 0.320. The van der Waals surface area contributed by atoms with Crippen molar-refractivity contribution in [3.05, 3.63) is 105 Å². The second kappa shape index (κ2) is 12.1. The fourth-order valence-electron chi connectivity index (χ4n) is 5.79. The first kappa shape index (κ1) is 28.1. The number of fused-ring (bicyclic) bond motifs is 2. The van der Waals surface area contributed by atoms with E-state index >= 15 is 4.39 Å². The van der Waals surface area contributed by atoms with Crippen LogP contribution in [0, 0.1) is 5.82 Å². The lowest BCUT2D eigenvalue weighted by Crippen LogP contribution is -2.42. The van der Waals surface area contributed by atoms with Crippen molar-refractivity contribution < 1.29 is 9.18 Å². The molecule has 1 fully saturated rings. The molecule has 0 atom stereocenters. The topological polar surface area (TPSA) is 95.1 Å². The van der Waals surface area contributed by atoms with Crippen molar-refractivity contribution in [2.24, 2.45) is 15.7 Å². The Kier molecular flexibility index (Phi) is 8.09. The van der Waals surface area contributed by atoms with Gasteiger partial charge in [-0.1, -0.05) is 43.1 Å². The third kappa shape index (κ3) is 5.69. The summed E-state index contributed by atoms with van der Waals surface area (Å²) in [6.07, 6.45) is 3.31. The van der Waals surface area contributed by atoms with E-state index in [0.717, 1.165) is 59.3 Å². The Hall–Kier alpha value is -4.01. The molecule has 3 aromatic carbocycles. The number of nitrogens with one attached hydrogen (secondary N) is 2. The number of nitrogens with two attached hydrogens (primary N) is 1. The van der Waals surface area contributed by atoms with E-state index in [1.54, 1.807) is 6.07 Å². The first-order valence-corrected chi connectivity index (χ1v) is 14.9. The molecule has 0 aliphatic carbocycles. The van der Waals surface area contributed by atoms with Gasteiger partial charge in [0.1, 0.15) is 5.82 Å². The zero-order valence-electron chi connectivity index (χ0n) is 23.6. The Bertz CT molecular complexity index is 1610. The molecular weight excluding hydrogens is 551 g/mol. The minimum absolute atomic E-state index is 0.0258. The second-order valence-electron chi connectivity index (χ2n) is 11.0. The van der Waals surface area contributed by atoms with Crippen LogP contribution in [0.15, 0.2) is 76.2 Å². The van der Waals surface area contributed by atoms with Gasteiger partial charge in [0, 0.05) is 52.1 Å². The van der Waals surface area contributed by atoms with Crippen molar-refractivity contribution in [1.82, 2.24) is 10.2 Å². The second-order valence-corrected chi connectivity index (χ2v) is 11.4. The number of anilines is 1. The predicted octanol–water partition coefficient (Wildman–Crippen LogP) is 5.63. The average Bonchev–Trinajstić information content (AvgIpc) is 3.14. The average molecular weight is 585 g/mol. The van der Waals surface area contributed by atoms with Crippen LogP contribution in [0.4, 0.5) is 10.1 Å². The molecule has 3 aliphatic rings. The van der Waals surface area contributed by atoms with Crippen LogP contribution in [-0.4, -0.2) is 54.7 Å². The third-order valence-corrected chi connectivity index (χ3v) is 8.27. The van der Waals surface area contributed by atoms with Crippen LogP contribution in [0.2, 0.25) is 5.02 Å². The molecule has 4 N–H and O–H groups in total. The van der Waals surface area contributed by atoms with Crippen molar-refractivity contribution in [3.8, 4) is 0 Å². The number of carbonyl (C=O) groups is 1. The number of aliphatic imine (C=N–C) groups is 2. The molecule has 0 aromatic heterocycles. The summed E-state index contributed by atoms with van der Waals surface area (Å²) in [4.78, 5) is 24.4. The number of aryl methyl sites for hydroxylation is 1. The zero-order chi connectivity index (χ0) is 29.2. The van der Waals surface area contributed by atoms with Gasteiger partial charge >= 0.3 is 0 Å². The zero-order valence-corrected chi connectivity index (χ0v) is 24.3. The summed E-state index contributed by atoms with van der Waals surface area (Å²) in [6.45, 7) is 4.29. The van der Waals surface area contributed by atoms with Gasteiger partial charge in [-0.3, -0.25) is 9.79 Å². The number of carbonyl (C=O) groups excluding carboxylic acids is 1. The number of likely N-dealkylation sites (tertiary alicyclic amines) is 1. The van der Waals surface area contributed by atoms with Crippen molar-refractivity contribution in [2.75, 3.05) is 31.5 Å². The molecule has 3 heterocycles. The summed E-state index contributed by atoms with van der Waals surface area (Å²) in [6, 6.07) is 18.5. The van der Waals surface area contributed by atoms with Gasteiger partial charge in [0.05, 0.1) is 24.5 Å². The normalized spacial score (nSPS) is 17.0. The smallest absolute Gasteiger partial charge is 0.253 e. The highest BCUT2D eigenvalue weighted by molar-refractivity contribution is 6.31. The van der Waals surface area contributed by atoms with Gasteiger partial charge < -0.3 is 21.3 Å². The van der Waals surface area contributed by atoms with E-state index in [2.05, 4.69) is 17.6 Å². The van der Waals surface area contributed by atoms with E-state index in [-0.39, 0.29) is 17.8 Å². The van der Waals surface area contributed by atoms with Crippen LogP contribution in [0.1, 0.15) is 58.8 Å². The molecule has 7 nitrogen and oxygen atoms in total. The molecule has 0 spiro atoms. The summed E-state index contributed by atoms with van der Waals surface area (Å²) in [5.41, 5.74) is 13.1. The van der Waals surface area contributed by atoms with E-state index in [1.165, 1.54) is 6.07 Å². The number of halogens is 2. The van der Waals surface area contributed by atoms with Gasteiger partial charge in [0.15, 0.2) is 0 Å². The summed E-state index contributed by atoms with van der Waals surface area (Å²) < 4.78 is 15.4. The van der Waals surface area contributed by atoms with E-state index < -0.39 is 0 Å². The van der Waals surface area contributed by atoms with E-state index in [0.29, 0.717) is 54.0 Å². The number of rotatable bonds is 5. The molecule has 1 saturated heterocycles. The van der Waals surface area contributed by atoms with Gasteiger partial charge in [-0.15, -0.1) is 0 Å². The SMILES string of the molecule is CCCc1cccc(F)c1C1=NCC2=C(NC(Nc3ccc(C(=O)N4CCC(N)CC4)cc3)=NC2)c2ccc(Cl)cc21. The van der Waals surface area contributed by atoms with Crippen molar-refractivity contribution in [2.45, 2.75) is 38.6 Å². The van der Waals surface area contributed by atoms with E-state index in [1.807, 2.05) is 53.4 Å². The van der Waals surface area contributed by atoms with Crippen LogP contribution in [0.25, 0.3) is 5.70 Å². The first-order valence-electron chi connectivity index (χ1n) is 14.5. The van der Waals surface area contributed by atoms with Gasteiger partial charge in [0.2, 0.25) is 5.96 Å². The number of hydrogen-bond donors (Lipinski definition) is 3. The monoisotopic (exact) mass is 584 g/mol. The summed E-state index contributed by atoms with van der Waals surface area (Å²) >= 11 is 6.47. The Morgan fingerprint density at radius 3 is 2.60 bits per heavy atom. The number of nitrogens with zero attached hydrogens (tertiary/aromatic N) is 3. The van der Waals surface area contributed by atoms with Crippen molar-refractivity contribution in [3.63, 3.8) is 0 Å². The first-order chi connectivity index (χ1) is 20.4. The standard InChI is InChI=1S/C33H34ClFN6O/c1-2-4-20-5-3-6-28(35)29(20)31-27-17-23(34)9-12-26(27)30-22(18-37-31)19-38-33(40-30)39-25-10-7-21(8-11-25)32(42)41-15-13-24(36)14-16-41/h3,5-12,17,24H,2,4,13-16,18-19,36H2,1H3,(H2,38,39,40). The number of benzene rings is 3. The van der Waals surface area contributed by atoms with Crippen LogP contribution < -0.4 is 16.4 Å². The lowest BCUT2D eigenvalue weighted by Gasteiger charge is -2.30. The third-order valence-electron chi connectivity index (χ3n) is 8.04. The van der Waals surface area contributed by atoms with Crippen molar-refractivity contribution >= 4 is 40.6 Å². The molecule has 0 unspecified atom stereocenters. The number of piperidine rings is 1. The van der Waals surface area contributed by atoms with Gasteiger partial charge in [-0.2, -0.15) is 0 Å². The largest absolute Gasteiger partial charge is 0.339 e. The van der Waals surface area contributed by atoms with E-state index in [4.69, 9.17) is 27.3 Å². The molecule has 1 amide bonds. The molecule has 9 heteroatoms. The predicted molar refractivity (Wildman–Crippen MR) is 168 cm³/mol. The van der Waals surface area contributed by atoms with Crippen molar-refractivity contribution in [1.29, 1.82) is 0 Å². The maximum atomic E-state index is 15.4. The Labute approximate surface area is 250 Å². The molecule has 6 rings (SSSR count). The molecule has 0 radical (unpaired) electrons. The lowest BCUT2D eigenvalue weighted by molar-refractivity contribution is 0.0715. The highest BCUT2D eigenvalue weighted by atomic mass is 35.5. The fraction of sp³-hybridized carbons (Fsp3) is 0.303. The maximum Gasteiger partial charge on any atom is 0.253 e. The quantitative estimate of drug-likeness (QED) is 0.362. The minimum Gasteiger partial charge on any atom is -0.339 e. The van der Waals surface area contributed by atoms with Crippen LogP contribution >= 0.6 is 11.6 Å². The Morgan fingerprint density at radius 2 is 1.83 bits per heavy atom. The molecule has 3 aliphatic heterocycles. The number of amides is 1. The molecule has 216 valence electrons. The highest BCUT2D eigenvalue weighted by Gasteiger charge is 2.27.